The van der Waals surface area contributed by atoms with E-state index in [-0.39, 0.29) is 0 Å². The van der Waals surface area contributed by atoms with E-state index in [4.69, 9.17) is 0 Å². The fourth-order valence-electron chi connectivity index (χ4n) is 2.01. The molecular formula is C13H16F3NO2S. The lowest BCUT2D eigenvalue weighted by molar-refractivity contribution is -0.0436. The summed E-state index contributed by atoms with van der Waals surface area (Å²) < 4.78 is 59.5. The zero-order chi connectivity index (χ0) is 15.0. The summed E-state index contributed by atoms with van der Waals surface area (Å²) in [7, 11) is -5.26. The summed E-state index contributed by atoms with van der Waals surface area (Å²) in [4.78, 5) is -0.729. The molecular weight excluding hydrogens is 291 g/mol. The highest BCUT2D eigenvalue weighted by Gasteiger charge is 2.46. The second kappa shape index (κ2) is 4.95. The number of halogens is 3. The van der Waals surface area contributed by atoms with Gasteiger partial charge in [-0.05, 0) is 48.9 Å². The largest absolute Gasteiger partial charge is 0.501 e. The second-order valence-electron chi connectivity index (χ2n) is 5.18. The molecule has 1 saturated carbocycles. The zero-order valence-corrected chi connectivity index (χ0v) is 11.8. The number of sulfone groups is 1. The molecule has 1 N–H and O–H groups in total. The Labute approximate surface area is 116 Å². The Morgan fingerprint density at radius 1 is 1.20 bits per heavy atom. The van der Waals surface area contributed by atoms with E-state index in [9.17, 15) is 21.6 Å². The van der Waals surface area contributed by atoms with Crippen LogP contribution in [0, 0.1) is 5.41 Å². The molecule has 1 aromatic rings. The maximum atomic E-state index is 12.4. The highest BCUT2D eigenvalue weighted by molar-refractivity contribution is 7.92. The topological polar surface area (TPSA) is 46.2 Å². The summed E-state index contributed by atoms with van der Waals surface area (Å²) >= 11 is 0. The van der Waals surface area contributed by atoms with Crippen molar-refractivity contribution in [1.82, 2.24) is 0 Å². The van der Waals surface area contributed by atoms with Crippen LogP contribution < -0.4 is 5.32 Å². The molecule has 0 heterocycles. The van der Waals surface area contributed by atoms with Gasteiger partial charge in [0.15, 0.2) is 0 Å². The van der Waals surface area contributed by atoms with Crippen LogP contribution in [-0.2, 0) is 9.84 Å². The van der Waals surface area contributed by atoms with Crippen molar-refractivity contribution in [3.8, 4) is 0 Å². The van der Waals surface area contributed by atoms with Gasteiger partial charge in [-0.15, -0.1) is 0 Å². The summed E-state index contributed by atoms with van der Waals surface area (Å²) in [5.74, 6) is 0. The Morgan fingerprint density at radius 3 is 2.15 bits per heavy atom. The van der Waals surface area contributed by atoms with E-state index in [1.807, 2.05) is 0 Å². The predicted molar refractivity (Wildman–Crippen MR) is 70.1 cm³/mol. The molecule has 0 atom stereocenters. The average Bonchev–Trinajstić information content (AvgIpc) is 3.16. The molecule has 3 nitrogen and oxygen atoms in total. The van der Waals surface area contributed by atoms with Gasteiger partial charge in [0, 0.05) is 12.2 Å². The monoisotopic (exact) mass is 307 g/mol. The molecule has 0 amide bonds. The predicted octanol–water partition coefficient (Wildman–Crippen LogP) is 3.58. The Kier molecular flexibility index (Phi) is 3.75. The second-order valence-corrected chi connectivity index (χ2v) is 7.12. The SMILES string of the molecule is CCC1(CNc2ccc(S(=O)(=O)C(F)(F)F)cc2)CC1. The third kappa shape index (κ3) is 2.92. The van der Waals surface area contributed by atoms with E-state index in [2.05, 4.69) is 12.2 Å². The first-order valence-corrected chi connectivity index (χ1v) is 7.84. The van der Waals surface area contributed by atoms with E-state index >= 15 is 0 Å². The minimum absolute atomic E-state index is 0.302. The summed E-state index contributed by atoms with van der Waals surface area (Å²) in [6.07, 6.45) is 3.36. The maximum absolute atomic E-state index is 12.4. The number of alkyl halides is 3. The lowest BCUT2D eigenvalue weighted by atomic mass is 10.0. The van der Waals surface area contributed by atoms with Crippen molar-refractivity contribution in [2.45, 2.75) is 36.6 Å². The molecule has 0 aliphatic heterocycles. The summed E-state index contributed by atoms with van der Waals surface area (Å²) in [5, 5.41) is 3.14. The van der Waals surface area contributed by atoms with Crippen LogP contribution in [0.4, 0.5) is 18.9 Å². The van der Waals surface area contributed by atoms with Gasteiger partial charge in [0.05, 0.1) is 4.90 Å². The van der Waals surface area contributed by atoms with Gasteiger partial charge in [-0.1, -0.05) is 6.92 Å². The zero-order valence-electron chi connectivity index (χ0n) is 11.0. The van der Waals surface area contributed by atoms with Gasteiger partial charge in [-0.3, -0.25) is 0 Å². The fourth-order valence-corrected chi connectivity index (χ4v) is 2.77. The van der Waals surface area contributed by atoms with Crippen molar-refractivity contribution >= 4 is 15.5 Å². The smallest absolute Gasteiger partial charge is 0.384 e. The number of nitrogens with one attached hydrogen (secondary N) is 1. The first kappa shape index (κ1) is 15.2. The van der Waals surface area contributed by atoms with Crippen molar-refractivity contribution in [1.29, 1.82) is 0 Å². The van der Waals surface area contributed by atoms with Crippen LogP contribution in [-0.4, -0.2) is 20.5 Å². The van der Waals surface area contributed by atoms with Crippen LogP contribution in [0.5, 0.6) is 0 Å². The Balaban J connectivity index is 2.07. The van der Waals surface area contributed by atoms with Crippen LogP contribution in [0.3, 0.4) is 0 Å². The van der Waals surface area contributed by atoms with Gasteiger partial charge >= 0.3 is 5.51 Å². The van der Waals surface area contributed by atoms with E-state index in [1.54, 1.807) is 0 Å². The van der Waals surface area contributed by atoms with Gasteiger partial charge < -0.3 is 5.32 Å². The summed E-state index contributed by atoms with van der Waals surface area (Å²) in [6, 6.07) is 4.70. The lowest BCUT2D eigenvalue weighted by Crippen LogP contribution is -2.23. The normalized spacial score (nSPS) is 17.8. The number of hydrogen-bond acceptors (Lipinski definition) is 3. The molecule has 1 aromatic carbocycles. The minimum Gasteiger partial charge on any atom is -0.384 e. The van der Waals surface area contributed by atoms with Crippen molar-refractivity contribution in [2.75, 3.05) is 11.9 Å². The van der Waals surface area contributed by atoms with Crippen LogP contribution in [0.2, 0.25) is 0 Å². The molecule has 0 unspecified atom stereocenters. The highest BCUT2D eigenvalue weighted by Crippen LogP contribution is 2.48. The van der Waals surface area contributed by atoms with E-state index in [0.29, 0.717) is 11.1 Å². The van der Waals surface area contributed by atoms with Crippen molar-refractivity contribution in [2.24, 2.45) is 5.41 Å². The van der Waals surface area contributed by atoms with Crippen LogP contribution >= 0.6 is 0 Å². The Bertz CT molecular complexity index is 575. The van der Waals surface area contributed by atoms with E-state index in [0.717, 1.165) is 37.9 Å². The van der Waals surface area contributed by atoms with Crippen LogP contribution in [0.25, 0.3) is 0 Å². The summed E-state index contributed by atoms with van der Waals surface area (Å²) in [6.45, 7) is 2.86. The van der Waals surface area contributed by atoms with Crippen molar-refractivity contribution < 1.29 is 21.6 Å². The molecule has 20 heavy (non-hydrogen) atoms. The number of anilines is 1. The van der Waals surface area contributed by atoms with E-state index in [1.165, 1.54) is 12.1 Å². The molecule has 0 saturated heterocycles. The third-order valence-corrected chi connectivity index (χ3v) is 5.35. The van der Waals surface area contributed by atoms with Crippen LogP contribution in [0.1, 0.15) is 26.2 Å². The first-order chi connectivity index (χ1) is 9.20. The van der Waals surface area contributed by atoms with Gasteiger partial charge in [0.25, 0.3) is 9.84 Å². The van der Waals surface area contributed by atoms with Gasteiger partial charge in [0.2, 0.25) is 0 Å². The lowest BCUT2D eigenvalue weighted by Gasteiger charge is -2.15. The molecule has 0 radical (unpaired) electrons. The van der Waals surface area contributed by atoms with E-state index < -0.39 is 20.2 Å². The van der Waals surface area contributed by atoms with Gasteiger partial charge in [-0.2, -0.15) is 13.2 Å². The molecule has 7 heteroatoms. The molecule has 0 bridgehead atoms. The molecule has 1 aliphatic rings. The Morgan fingerprint density at radius 2 is 1.75 bits per heavy atom. The minimum atomic E-state index is -5.26. The molecule has 1 fully saturated rings. The fraction of sp³-hybridized carbons (Fsp3) is 0.538. The van der Waals surface area contributed by atoms with Gasteiger partial charge in [-0.25, -0.2) is 8.42 Å². The average molecular weight is 307 g/mol. The number of rotatable bonds is 5. The summed E-state index contributed by atoms with van der Waals surface area (Å²) in [5.41, 5.74) is -4.33. The van der Waals surface area contributed by atoms with Crippen molar-refractivity contribution in [3.63, 3.8) is 0 Å². The molecule has 0 aromatic heterocycles. The van der Waals surface area contributed by atoms with Crippen LogP contribution in [0.15, 0.2) is 29.2 Å². The Hall–Kier alpha value is -1.24. The molecule has 0 spiro atoms. The van der Waals surface area contributed by atoms with Gasteiger partial charge in [0.1, 0.15) is 0 Å². The molecule has 1 aliphatic carbocycles. The van der Waals surface area contributed by atoms with Crippen molar-refractivity contribution in [3.05, 3.63) is 24.3 Å². The molecule has 2 rings (SSSR count). The quantitative estimate of drug-likeness (QED) is 0.904. The number of hydrogen-bond donors (Lipinski definition) is 1. The maximum Gasteiger partial charge on any atom is 0.501 e. The standard InChI is InChI=1S/C13H16F3NO2S/c1-2-12(7-8-12)9-17-10-3-5-11(6-4-10)20(18,19)13(14,15)16/h3-6,17H,2,7-9H2,1H3. The number of benzene rings is 1. The highest BCUT2D eigenvalue weighted by atomic mass is 32.2. The third-order valence-electron chi connectivity index (χ3n) is 3.84. The first-order valence-electron chi connectivity index (χ1n) is 6.35. The molecule has 112 valence electrons.